The predicted molar refractivity (Wildman–Crippen MR) is 145 cm³/mol. The van der Waals surface area contributed by atoms with Gasteiger partial charge in [-0.2, -0.15) is 0 Å². The summed E-state index contributed by atoms with van der Waals surface area (Å²) in [5.41, 5.74) is 1.45. The summed E-state index contributed by atoms with van der Waals surface area (Å²) < 4.78 is 3.95. The van der Waals surface area contributed by atoms with Gasteiger partial charge in [0.2, 0.25) is 5.91 Å². The monoisotopic (exact) mass is 544 g/mol. The van der Waals surface area contributed by atoms with Crippen LogP contribution in [-0.2, 0) is 19.1 Å². The molecule has 1 unspecified atom stereocenters. The first-order valence-corrected chi connectivity index (χ1v) is 14.1. The van der Waals surface area contributed by atoms with Crippen LogP contribution in [0.15, 0.2) is 42.5 Å². The lowest BCUT2D eigenvalue weighted by Crippen LogP contribution is -2.56. The maximum Gasteiger partial charge on any atom is 0.311 e. The summed E-state index contributed by atoms with van der Waals surface area (Å²) in [6, 6.07) is 3.96. The second-order valence-corrected chi connectivity index (χ2v) is 12.8. The number of amides is 2. The van der Waals surface area contributed by atoms with Crippen LogP contribution in [0.25, 0.3) is 0 Å². The van der Waals surface area contributed by atoms with Crippen molar-refractivity contribution < 1.29 is 24.2 Å². The molecule has 1 aromatic carbocycles. The highest BCUT2D eigenvalue weighted by Crippen LogP contribution is 2.65. The van der Waals surface area contributed by atoms with Crippen LogP contribution in [0, 0.1) is 18.8 Å². The fraction of sp³-hybridized carbons (Fsp3) is 0.536. The molecule has 0 bridgehead atoms. The molecule has 7 nitrogen and oxygen atoms in total. The van der Waals surface area contributed by atoms with Crippen molar-refractivity contribution in [2.24, 2.45) is 11.8 Å². The molecule has 1 N–H and O–H groups in total. The third-order valence-corrected chi connectivity index (χ3v) is 10.2. The molecule has 2 saturated heterocycles. The van der Waals surface area contributed by atoms with E-state index < -0.39 is 39.4 Å². The number of aryl methyl sites for hydroxylation is 1. The molecule has 0 saturated carbocycles. The third-order valence-electron chi connectivity index (χ3n) is 8.14. The number of nitrogens with zero attached hydrogens (tertiary/aromatic N) is 2. The molecule has 9 heteroatoms. The number of likely N-dealkylation sites (tertiary alicyclic amines) is 1. The number of rotatable bonds is 3. The minimum Gasteiger partial charge on any atom is -0.465 e. The Morgan fingerprint density at radius 1 is 1.16 bits per heavy atom. The highest BCUT2D eigenvalue weighted by Gasteiger charge is 2.74. The number of aliphatic hydroxyl groups excluding tert-OH is 1. The number of carbonyl (C=O) groups is 3. The Balaban J connectivity index is 1.68. The average molecular weight is 545 g/mol. The number of allylic oxidation sites excluding steroid dienone is 1. The summed E-state index contributed by atoms with van der Waals surface area (Å²) in [5, 5.41) is 10.6. The zero-order chi connectivity index (χ0) is 26.5. The van der Waals surface area contributed by atoms with Gasteiger partial charge in [-0.25, -0.2) is 0 Å². The molecule has 2 fully saturated rings. The number of ether oxygens (including phenoxy) is 1. The molecular weight excluding hydrogens is 512 g/mol. The second kappa shape index (κ2) is 9.79. The number of thioether (sulfide) groups is 1. The lowest BCUT2D eigenvalue weighted by molar-refractivity contribution is -0.154. The number of aliphatic hydroxyl groups is 1. The van der Waals surface area contributed by atoms with E-state index in [4.69, 9.17) is 16.3 Å². The van der Waals surface area contributed by atoms with Gasteiger partial charge >= 0.3 is 5.97 Å². The molecule has 1 aromatic rings. The predicted octanol–water partition coefficient (Wildman–Crippen LogP) is 3.90. The summed E-state index contributed by atoms with van der Waals surface area (Å²) >= 11 is 8.08. The van der Waals surface area contributed by atoms with Crippen LogP contribution in [-0.4, -0.2) is 69.1 Å². The number of esters is 1. The Hall–Kier alpha value is -2.29. The van der Waals surface area contributed by atoms with Gasteiger partial charge in [0.05, 0.1) is 46.5 Å². The van der Waals surface area contributed by atoms with E-state index in [1.165, 1.54) is 16.7 Å². The van der Waals surface area contributed by atoms with Gasteiger partial charge in [-0.1, -0.05) is 48.0 Å². The fourth-order valence-corrected chi connectivity index (χ4v) is 8.93. The maximum absolute atomic E-state index is 14.5. The van der Waals surface area contributed by atoms with Gasteiger partial charge in [-0.3, -0.25) is 14.4 Å². The number of halogens is 1. The summed E-state index contributed by atoms with van der Waals surface area (Å²) in [5.74, 6) is -2.53. The van der Waals surface area contributed by atoms with E-state index in [2.05, 4.69) is 6.08 Å². The van der Waals surface area contributed by atoms with Crippen molar-refractivity contribution >= 4 is 46.8 Å². The van der Waals surface area contributed by atoms with Crippen molar-refractivity contribution in [2.75, 3.05) is 24.7 Å². The van der Waals surface area contributed by atoms with E-state index >= 15 is 0 Å². The quantitative estimate of drug-likeness (QED) is 0.459. The van der Waals surface area contributed by atoms with Crippen LogP contribution in [0.3, 0.4) is 0 Å². The Bertz CT molecular complexity index is 1170. The topological polar surface area (TPSA) is 87.2 Å². The minimum absolute atomic E-state index is 0.269. The molecule has 0 radical (unpaired) electrons. The molecule has 0 aromatic heterocycles. The van der Waals surface area contributed by atoms with Crippen molar-refractivity contribution in [3.63, 3.8) is 0 Å². The number of fused-ring (bicyclic) bond motifs is 2. The van der Waals surface area contributed by atoms with E-state index in [1.807, 2.05) is 44.2 Å². The first-order chi connectivity index (χ1) is 17.7. The van der Waals surface area contributed by atoms with Crippen LogP contribution in [0.2, 0.25) is 5.02 Å². The van der Waals surface area contributed by atoms with Gasteiger partial charge in [0, 0.05) is 11.3 Å². The SMILES string of the molecule is Cc1cccc(Cl)c1N1CC=C[C@]23S[C@]4(C)/C=C\CCCCOC(=O)[C@@H]4[C@H]2C(=O)N([C@H](C)CO)C3C1=O. The summed E-state index contributed by atoms with van der Waals surface area (Å²) in [4.78, 5) is 45.4. The average Bonchev–Trinajstić information content (AvgIpc) is 3.20. The standard InChI is InChI=1S/C28H33ClN2O5S/c1-17-10-8-11-19(29)22(17)30-14-9-13-28-20(24(33)31(18(2)16-32)23(28)25(30)34)21-26(35)36-15-7-5-4-6-12-27(21,3)37-28/h6,8-13,18,20-21,23,32H,4-5,7,14-16H2,1-3H3/b12-6-/t18-,20+,21+,23?,27-,28+/m1/s1. The van der Waals surface area contributed by atoms with Crippen LogP contribution in [0.4, 0.5) is 5.69 Å². The lowest BCUT2D eigenvalue weighted by atomic mass is 9.74. The zero-order valence-corrected chi connectivity index (χ0v) is 22.9. The first-order valence-electron chi connectivity index (χ1n) is 12.9. The van der Waals surface area contributed by atoms with Gasteiger partial charge < -0.3 is 19.6 Å². The van der Waals surface area contributed by atoms with E-state index in [0.29, 0.717) is 17.3 Å². The van der Waals surface area contributed by atoms with E-state index in [1.54, 1.807) is 17.9 Å². The highest BCUT2D eigenvalue weighted by molar-refractivity contribution is 8.02. The molecule has 4 aliphatic rings. The van der Waals surface area contributed by atoms with Crippen molar-refractivity contribution in [1.29, 1.82) is 0 Å². The molecule has 4 aliphatic heterocycles. The lowest BCUT2D eigenvalue weighted by Gasteiger charge is -2.39. The Labute approximate surface area is 226 Å². The van der Waals surface area contributed by atoms with Gasteiger partial charge in [0.15, 0.2) is 0 Å². The molecule has 1 spiro atoms. The summed E-state index contributed by atoms with van der Waals surface area (Å²) in [6.45, 7) is 5.89. The smallest absolute Gasteiger partial charge is 0.311 e. The van der Waals surface area contributed by atoms with E-state index in [9.17, 15) is 19.5 Å². The van der Waals surface area contributed by atoms with Gasteiger partial charge in [0.1, 0.15) is 6.04 Å². The largest absolute Gasteiger partial charge is 0.465 e. The van der Waals surface area contributed by atoms with Crippen molar-refractivity contribution in [2.45, 2.75) is 61.6 Å². The Kier molecular flexibility index (Phi) is 6.96. The Morgan fingerprint density at radius 3 is 2.68 bits per heavy atom. The van der Waals surface area contributed by atoms with Crippen LogP contribution in [0.5, 0.6) is 0 Å². The van der Waals surface area contributed by atoms with Gasteiger partial charge in [0.25, 0.3) is 5.91 Å². The molecule has 0 aliphatic carbocycles. The molecule has 198 valence electrons. The maximum atomic E-state index is 14.5. The molecular formula is C28H33ClN2O5S. The van der Waals surface area contributed by atoms with Crippen molar-refractivity contribution in [3.05, 3.63) is 53.1 Å². The molecule has 6 atom stereocenters. The second-order valence-electron chi connectivity index (χ2n) is 10.6. The Morgan fingerprint density at radius 2 is 1.95 bits per heavy atom. The van der Waals surface area contributed by atoms with Crippen molar-refractivity contribution in [1.82, 2.24) is 4.90 Å². The number of hydrogen-bond donors (Lipinski definition) is 1. The number of cyclic esters (lactones) is 1. The molecule has 37 heavy (non-hydrogen) atoms. The number of hydrogen-bond acceptors (Lipinski definition) is 6. The molecule has 5 rings (SSSR count). The van der Waals surface area contributed by atoms with E-state index in [-0.39, 0.29) is 25.0 Å². The summed E-state index contributed by atoms with van der Waals surface area (Å²) in [6.07, 6.45) is 10.5. The zero-order valence-electron chi connectivity index (χ0n) is 21.4. The number of anilines is 1. The fourth-order valence-electron chi connectivity index (χ4n) is 6.46. The molecule has 4 heterocycles. The minimum atomic E-state index is -1.00. The number of para-hydroxylation sites is 1. The van der Waals surface area contributed by atoms with Crippen molar-refractivity contribution in [3.8, 4) is 0 Å². The number of benzene rings is 1. The first kappa shape index (κ1) is 26.3. The molecule has 2 amide bonds. The van der Waals surface area contributed by atoms with E-state index in [0.717, 1.165) is 24.8 Å². The van der Waals surface area contributed by atoms with Crippen LogP contribution < -0.4 is 4.90 Å². The highest BCUT2D eigenvalue weighted by atomic mass is 35.5. The number of carbonyl (C=O) groups excluding carboxylic acids is 3. The van der Waals surface area contributed by atoms with Crippen LogP contribution in [0.1, 0.15) is 38.7 Å². The van der Waals surface area contributed by atoms with Gasteiger partial charge in [-0.15, -0.1) is 11.8 Å². The van der Waals surface area contributed by atoms with Crippen LogP contribution >= 0.6 is 23.4 Å². The van der Waals surface area contributed by atoms with Gasteiger partial charge in [-0.05, 0) is 51.7 Å². The normalized spacial score (nSPS) is 35.4. The summed E-state index contributed by atoms with van der Waals surface area (Å²) in [7, 11) is 0. The third kappa shape index (κ3) is 4.03.